The minimum atomic E-state index is -3.54. The van der Waals surface area contributed by atoms with E-state index < -0.39 is 15.1 Å². The Labute approximate surface area is 278 Å². The number of aryl methyl sites for hydroxylation is 2. The molecule has 1 heterocycles. The summed E-state index contributed by atoms with van der Waals surface area (Å²) < 4.78 is 50.8. The van der Waals surface area contributed by atoms with Gasteiger partial charge in [0.1, 0.15) is 17.1 Å². The Kier molecular flexibility index (Phi) is 14.2. The highest BCUT2D eigenvalue weighted by Gasteiger charge is 2.33. The molecule has 3 rings (SSSR count). The summed E-state index contributed by atoms with van der Waals surface area (Å²) in [5.41, 5.74) is 7.51. The van der Waals surface area contributed by atoms with Crippen LogP contribution in [-0.2, 0) is 25.7 Å². The zero-order valence-electron chi connectivity index (χ0n) is 29.6. The van der Waals surface area contributed by atoms with Gasteiger partial charge in [0.05, 0.1) is 23.4 Å². The SMILES string of the molecule is COCCOCOc1cc2c(c(C)c1C)OC(C)(CC/C=C(\C)CC(/C=C(\C)CCC=C(C)C)S(=O)(=O)c1ccc(C)cc1)CC2. The van der Waals surface area contributed by atoms with Crippen molar-refractivity contribution in [3.05, 3.63) is 87.5 Å². The summed E-state index contributed by atoms with van der Waals surface area (Å²) in [6, 6.07) is 9.30. The molecule has 0 bridgehead atoms. The molecular weight excluding hydrogens is 596 g/mol. The zero-order chi connectivity index (χ0) is 33.9. The molecule has 2 unspecified atom stereocenters. The zero-order valence-corrected chi connectivity index (χ0v) is 30.4. The Hall–Kier alpha value is -2.87. The van der Waals surface area contributed by atoms with E-state index in [0.29, 0.717) is 24.5 Å². The van der Waals surface area contributed by atoms with Crippen molar-refractivity contribution in [2.75, 3.05) is 27.1 Å². The summed E-state index contributed by atoms with van der Waals surface area (Å²) in [6.07, 6.45) is 12.1. The quantitative estimate of drug-likeness (QED) is 0.0964. The second kappa shape index (κ2) is 17.3. The van der Waals surface area contributed by atoms with Gasteiger partial charge in [-0.2, -0.15) is 0 Å². The van der Waals surface area contributed by atoms with Gasteiger partial charge < -0.3 is 18.9 Å². The Balaban J connectivity index is 1.70. The van der Waals surface area contributed by atoms with Crippen LogP contribution in [0.1, 0.15) is 95.4 Å². The molecule has 0 saturated heterocycles. The molecule has 2 atom stereocenters. The lowest BCUT2D eigenvalue weighted by Crippen LogP contribution is -2.36. The van der Waals surface area contributed by atoms with E-state index in [1.807, 2.05) is 32.1 Å². The predicted molar refractivity (Wildman–Crippen MR) is 189 cm³/mol. The van der Waals surface area contributed by atoms with Crippen LogP contribution in [0.3, 0.4) is 0 Å². The summed E-state index contributed by atoms with van der Waals surface area (Å²) in [5.74, 6) is 1.79. The maximum atomic E-state index is 13.8. The lowest BCUT2D eigenvalue weighted by Gasteiger charge is -2.37. The van der Waals surface area contributed by atoms with Crippen LogP contribution in [-0.4, -0.2) is 46.4 Å². The number of benzene rings is 2. The maximum Gasteiger partial charge on any atom is 0.189 e. The number of rotatable bonds is 17. The van der Waals surface area contributed by atoms with Gasteiger partial charge in [-0.05, 0) is 135 Å². The summed E-state index contributed by atoms with van der Waals surface area (Å²) in [7, 11) is -1.89. The molecule has 2 aromatic carbocycles. The van der Waals surface area contributed by atoms with Gasteiger partial charge in [-0.1, -0.05) is 52.6 Å². The van der Waals surface area contributed by atoms with Crippen molar-refractivity contribution in [3.8, 4) is 11.5 Å². The summed E-state index contributed by atoms with van der Waals surface area (Å²) in [4.78, 5) is 0.379. The van der Waals surface area contributed by atoms with Crippen molar-refractivity contribution in [1.82, 2.24) is 0 Å². The van der Waals surface area contributed by atoms with Crippen molar-refractivity contribution >= 4 is 9.84 Å². The van der Waals surface area contributed by atoms with E-state index >= 15 is 0 Å². The van der Waals surface area contributed by atoms with Gasteiger partial charge in [-0.25, -0.2) is 8.42 Å². The van der Waals surface area contributed by atoms with Gasteiger partial charge in [0.25, 0.3) is 0 Å². The second-order valence-corrected chi connectivity index (χ2v) is 15.5. The average Bonchev–Trinajstić information content (AvgIpc) is 2.99. The van der Waals surface area contributed by atoms with Gasteiger partial charge in [0, 0.05) is 7.11 Å². The molecule has 0 aromatic heterocycles. The number of allylic oxidation sites excluding steroid dienone is 5. The third kappa shape index (κ3) is 10.9. The number of hydrogen-bond donors (Lipinski definition) is 0. The van der Waals surface area contributed by atoms with Crippen LogP contribution in [0.5, 0.6) is 11.5 Å². The van der Waals surface area contributed by atoms with E-state index in [4.69, 9.17) is 18.9 Å². The molecule has 1 aliphatic heterocycles. The minimum Gasteiger partial charge on any atom is -0.487 e. The largest absolute Gasteiger partial charge is 0.487 e. The molecule has 0 N–H and O–H groups in total. The molecule has 0 amide bonds. The highest BCUT2D eigenvalue weighted by Crippen LogP contribution is 2.42. The first-order chi connectivity index (χ1) is 21.8. The van der Waals surface area contributed by atoms with Crippen LogP contribution in [0.15, 0.2) is 70.2 Å². The molecule has 0 fully saturated rings. The van der Waals surface area contributed by atoms with Crippen LogP contribution in [0.2, 0.25) is 0 Å². The van der Waals surface area contributed by atoms with E-state index in [1.54, 1.807) is 19.2 Å². The summed E-state index contributed by atoms with van der Waals surface area (Å²) in [5, 5.41) is -0.612. The van der Waals surface area contributed by atoms with Gasteiger partial charge in [0.15, 0.2) is 16.6 Å². The first-order valence-electron chi connectivity index (χ1n) is 16.5. The predicted octanol–water partition coefficient (Wildman–Crippen LogP) is 9.35. The lowest BCUT2D eigenvalue weighted by atomic mass is 9.86. The molecule has 0 aliphatic carbocycles. The maximum absolute atomic E-state index is 13.8. The first-order valence-corrected chi connectivity index (χ1v) is 18.1. The van der Waals surface area contributed by atoms with E-state index in [1.165, 1.54) is 5.57 Å². The Bertz CT molecular complexity index is 1500. The summed E-state index contributed by atoms with van der Waals surface area (Å²) >= 11 is 0. The lowest BCUT2D eigenvalue weighted by molar-refractivity contribution is -0.00904. The molecule has 46 heavy (non-hydrogen) atoms. The van der Waals surface area contributed by atoms with Gasteiger partial charge in [-0.3, -0.25) is 0 Å². The van der Waals surface area contributed by atoms with Crippen LogP contribution < -0.4 is 9.47 Å². The Morgan fingerprint density at radius 2 is 1.70 bits per heavy atom. The molecule has 0 spiro atoms. The van der Waals surface area contributed by atoms with Crippen molar-refractivity contribution < 1.29 is 27.4 Å². The standard InChI is InChI=1S/C39H56O6S/c1-28(2)12-10-13-30(4)24-36(46(40,41)35-17-15-29(3)16-18-35)25-31(5)14-11-20-39(8)21-19-34-26-37(44-27-43-23-22-42-9)32(6)33(7)38(34)45-39/h12,14-18,24,26,36H,10-11,13,19-23,25,27H2,1-9H3/b30-24+,31-14+. The summed E-state index contributed by atoms with van der Waals surface area (Å²) in [6.45, 7) is 17.8. The number of hydrogen-bond acceptors (Lipinski definition) is 6. The van der Waals surface area contributed by atoms with Crippen molar-refractivity contribution in [1.29, 1.82) is 0 Å². The van der Waals surface area contributed by atoms with Crippen molar-refractivity contribution in [2.24, 2.45) is 0 Å². The highest BCUT2D eigenvalue weighted by molar-refractivity contribution is 7.92. The third-order valence-electron chi connectivity index (χ3n) is 8.87. The number of sulfone groups is 1. The molecule has 2 aromatic rings. The molecule has 1 aliphatic rings. The first kappa shape index (κ1) is 37.6. The number of ether oxygens (including phenoxy) is 4. The molecule has 0 saturated carbocycles. The smallest absolute Gasteiger partial charge is 0.189 e. The van der Waals surface area contributed by atoms with Gasteiger partial charge >= 0.3 is 0 Å². The number of fused-ring (bicyclic) bond motifs is 1. The topological polar surface area (TPSA) is 71.1 Å². The molecular formula is C39H56O6S. The average molecular weight is 653 g/mol. The van der Waals surface area contributed by atoms with Crippen LogP contribution >= 0.6 is 0 Å². The monoisotopic (exact) mass is 652 g/mol. The molecule has 7 heteroatoms. The van der Waals surface area contributed by atoms with Crippen LogP contribution in [0.25, 0.3) is 0 Å². The van der Waals surface area contributed by atoms with Crippen LogP contribution in [0.4, 0.5) is 0 Å². The third-order valence-corrected chi connectivity index (χ3v) is 10.9. The highest BCUT2D eigenvalue weighted by atomic mass is 32.2. The van der Waals surface area contributed by atoms with Crippen molar-refractivity contribution in [3.63, 3.8) is 0 Å². The Morgan fingerprint density at radius 3 is 2.37 bits per heavy atom. The fraction of sp³-hybridized carbons (Fsp3) is 0.538. The molecule has 0 radical (unpaired) electrons. The molecule has 254 valence electrons. The molecule has 6 nitrogen and oxygen atoms in total. The van der Waals surface area contributed by atoms with Crippen LogP contribution in [0, 0.1) is 20.8 Å². The van der Waals surface area contributed by atoms with Gasteiger partial charge in [0.2, 0.25) is 0 Å². The fourth-order valence-corrected chi connectivity index (χ4v) is 7.52. The number of methoxy groups -OCH3 is 1. The normalized spacial score (nSPS) is 17.7. The van der Waals surface area contributed by atoms with E-state index in [-0.39, 0.29) is 12.4 Å². The van der Waals surface area contributed by atoms with Gasteiger partial charge in [-0.15, -0.1) is 0 Å². The second-order valence-electron chi connectivity index (χ2n) is 13.4. The fourth-order valence-electron chi connectivity index (χ4n) is 5.76. The minimum absolute atomic E-state index is 0.186. The van der Waals surface area contributed by atoms with E-state index in [2.05, 4.69) is 59.8 Å². The Morgan fingerprint density at radius 1 is 0.978 bits per heavy atom. The van der Waals surface area contributed by atoms with Crippen molar-refractivity contribution in [2.45, 2.75) is 116 Å². The van der Waals surface area contributed by atoms with E-state index in [9.17, 15) is 8.42 Å². The van der Waals surface area contributed by atoms with E-state index in [0.717, 1.165) is 83.4 Å².